The number of aromatic nitrogens is 1. The number of rotatable bonds is 4. The SMILES string of the molecule is NC1C2CCCC1CC(C(=O)NC(c1cccc(Cl)c1)c1ccccn1)C2. The van der Waals surface area contributed by atoms with Gasteiger partial charge in [-0.1, -0.05) is 36.2 Å². The van der Waals surface area contributed by atoms with Crippen molar-refractivity contribution in [1.29, 1.82) is 0 Å². The fourth-order valence-electron chi connectivity index (χ4n) is 4.82. The van der Waals surface area contributed by atoms with E-state index in [1.165, 1.54) is 6.42 Å². The number of benzene rings is 1. The molecule has 4 rings (SSSR count). The Morgan fingerprint density at radius 2 is 1.93 bits per heavy atom. The summed E-state index contributed by atoms with van der Waals surface area (Å²) in [6.07, 6.45) is 7.10. The summed E-state index contributed by atoms with van der Waals surface area (Å²) in [5.41, 5.74) is 8.16. The number of halogens is 1. The van der Waals surface area contributed by atoms with Gasteiger partial charge >= 0.3 is 0 Å². The van der Waals surface area contributed by atoms with Gasteiger partial charge in [0, 0.05) is 23.2 Å². The molecule has 0 aliphatic heterocycles. The molecule has 4 nitrogen and oxygen atoms in total. The summed E-state index contributed by atoms with van der Waals surface area (Å²) in [5, 5.41) is 3.90. The average Bonchev–Trinajstić information content (AvgIpc) is 2.66. The lowest BCUT2D eigenvalue weighted by atomic mass is 9.65. The molecule has 1 amide bonds. The van der Waals surface area contributed by atoms with Crippen molar-refractivity contribution in [2.45, 2.75) is 44.2 Å². The third-order valence-corrected chi connectivity index (χ3v) is 6.47. The van der Waals surface area contributed by atoms with E-state index in [2.05, 4.69) is 10.3 Å². The van der Waals surface area contributed by atoms with Crippen molar-refractivity contribution in [3.05, 3.63) is 64.9 Å². The van der Waals surface area contributed by atoms with Gasteiger partial charge in [-0.3, -0.25) is 9.78 Å². The lowest BCUT2D eigenvalue weighted by Gasteiger charge is -2.43. The first-order valence-electron chi connectivity index (χ1n) is 9.84. The highest BCUT2D eigenvalue weighted by molar-refractivity contribution is 6.30. The summed E-state index contributed by atoms with van der Waals surface area (Å²) in [6, 6.07) is 13.4. The average molecular weight is 384 g/mol. The minimum atomic E-state index is -0.298. The van der Waals surface area contributed by atoms with Crippen LogP contribution in [0.15, 0.2) is 48.7 Å². The second kappa shape index (κ2) is 7.99. The van der Waals surface area contributed by atoms with Gasteiger partial charge in [-0.2, -0.15) is 0 Å². The molecule has 2 saturated carbocycles. The van der Waals surface area contributed by atoms with Crippen LogP contribution in [0.1, 0.15) is 49.4 Å². The minimum absolute atomic E-state index is 0.0329. The van der Waals surface area contributed by atoms with Crippen LogP contribution in [0.5, 0.6) is 0 Å². The molecule has 3 atom stereocenters. The topological polar surface area (TPSA) is 68.0 Å². The molecule has 1 aromatic carbocycles. The molecule has 5 heteroatoms. The van der Waals surface area contributed by atoms with E-state index < -0.39 is 0 Å². The van der Waals surface area contributed by atoms with Crippen molar-refractivity contribution in [2.75, 3.05) is 0 Å². The van der Waals surface area contributed by atoms with Gasteiger partial charge in [0.1, 0.15) is 0 Å². The normalized spacial score (nSPS) is 28.4. The van der Waals surface area contributed by atoms with Crippen molar-refractivity contribution >= 4 is 17.5 Å². The number of fused-ring (bicyclic) bond motifs is 2. The van der Waals surface area contributed by atoms with Crippen molar-refractivity contribution in [1.82, 2.24) is 10.3 Å². The van der Waals surface area contributed by atoms with E-state index in [4.69, 9.17) is 17.3 Å². The van der Waals surface area contributed by atoms with Gasteiger partial charge in [0.2, 0.25) is 5.91 Å². The minimum Gasteiger partial charge on any atom is -0.343 e. The molecule has 0 spiro atoms. The lowest BCUT2D eigenvalue weighted by Crippen LogP contribution is -2.49. The van der Waals surface area contributed by atoms with Gasteiger partial charge in [-0.15, -0.1) is 0 Å². The molecular formula is C22H26ClN3O. The molecule has 1 heterocycles. The second-order valence-electron chi connectivity index (χ2n) is 7.95. The van der Waals surface area contributed by atoms with Crippen LogP contribution in [0.25, 0.3) is 0 Å². The third kappa shape index (κ3) is 4.02. The zero-order valence-corrected chi connectivity index (χ0v) is 16.1. The summed E-state index contributed by atoms with van der Waals surface area (Å²) in [6.45, 7) is 0. The molecule has 1 aromatic heterocycles. The highest BCUT2D eigenvalue weighted by Crippen LogP contribution is 2.42. The molecule has 2 aromatic rings. The number of carbonyl (C=O) groups excluding carboxylic acids is 1. The molecule has 3 unspecified atom stereocenters. The number of nitrogens with zero attached hydrogens (tertiary/aromatic N) is 1. The summed E-state index contributed by atoms with van der Waals surface area (Å²) >= 11 is 6.20. The van der Waals surface area contributed by atoms with E-state index in [0.29, 0.717) is 16.9 Å². The van der Waals surface area contributed by atoms with Gasteiger partial charge in [0.05, 0.1) is 11.7 Å². The first-order valence-corrected chi connectivity index (χ1v) is 10.2. The van der Waals surface area contributed by atoms with Crippen LogP contribution in [0, 0.1) is 17.8 Å². The Morgan fingerprint density at radius 1 is 1.15 bits per heavy atom. The standard InChI is InChI=1S/C22H26ClN3O/c23-18-8-4-7-16(13-18)21(19-9-1-2-10-25-19)26-22(27)17-11-14-5-3-6-15(12-17)20(14)24/h1-2,4,7-10,13-15,17,20-21H,3,5-6,11-12,24H2,(H,26,27). The number of hydrogen-bond acceptors (Lipinski definition) is 3. The van der Waals surface area contributed by atoms with E-state index in [1.54, 1.807) is 6.20 Å². The van der Waals surface area contributed by atoms with Crippen LogP contribution in [0.3, 0.4) is 0 Å². The molecule has 2 aliphatic rings. The number of pyridine rings is 1. The van der Waals surface area contributed by atoms with E-state index in [0.717, 1.165) is 36.9 Å². The zero-order chi connectivity index (χ0) is 18.8. The van der Waals surface area contributed by atoms with Crippen molar-refractivity contribution in [3.8, 4) is 0 Å². The number of hydrogen-bond donors (Lipinski definition) is 2. The van der Waals surface area contributed by atoms with Crippen LogP contribution < -0.4 is 11.1 Å². The van der Waals surface area contributed by atoms with E-state index in [-0.39, 0.29) is 23.9 Å². The summed E-state index contributed by atoms with van der Waals surface area (Å²) in [7, 11) is 0. The largest absolute Gasteiger partial charge is 0.343 e. The summed E-state index contributed by atoms with van der Waals surface area (Å²) in [4.78, 5) is 17.6. The fourth-order valence-corrected chi connectivity index (χ4v) is 5.02. The van der Waals surface area contributed by atoms with Crippen LogP contribution in [0.4, 0.5) is 0 Å². The van der Waals surface area contributed by atoms with Gasteiger partial charge < -0.3 is 11.1 Å². The molecule has 3 N–H and O–H groups in total. The van der Waals surface area contributed by atoms with Crippen molar-refractivity contribution in [3.63, 3.8) is 0 Å². The maximum atomic E-state index is 13.2. The Labute approximate surface area is 165 Å². The zero-order valence-electron chi connectivity index (χ0n) is 15.4. The summed E-state index contributed by atoms with van der Waals surface area (Å²) < 4.78 is 0. The van der Waals surface area contributed by atoms with Gasteiger partial charge in [0.15, 0.2) is 0 Å². The maximum Gasteiger partial charge on any atom is 0.223 e. The smallest absolute Gasteiger partial charge is 0.223 e. The molecular weight excluding hydrogens is 358 g/mol. The molecule has 142 valence electrons. The highest BCUT2D eigenvalue weighted by Gasteiger charge is 2.41. The van der Waals surface area contributed by atoms with E-state index >= 15 is 0 Å². The van der Waals surface area contributed by atoms with Gasteiger partial charge in [-0.25, -0.2) is 0 Å². The Bertz CT molecular complexity index is 783. The quantitative estimate of drug-likeness (QED) is 0.835. The molecule has 2 bridgehead atoms. The lowest BCUT2D eigenvalue weighted by molar-refractivity contribution is -0.128. The summed E-state index contributed by atoms with van der Waals surface area (Å²) in [5.74, 6) is 1.10. The molecule has 2 aliphatic carbocycles. The molecule has 0 radical (unpaired) electrons. The Kier molecular flexibility index (Phi) is 5.46. The Balaban J connectivity index is 1.56. The molecule has 2 fully saturated rings. The predicted octanol–water partition coefficient (Wildman–Crippen LogP) is 4.09. The first-order chi connectivity index (χ1) is 13.1. The van der Waals surface area contributed by atoms with Gasteiger partial charge in [-0.05, 0) is 67.3 Å². The molecule has 0 saturated heterocycles. The first kappa shape index (κ1) is 18.5. The van der Waals surface area contributed by atoms with Crippen LogP contribution in [0.2, 0.25) is 5.02 Å². The van der Waals surface area contributed by atoms with E-state index in [1.807, 2.05) is 42.5 Å². The number of carbonyl (C=O) groups is 1. The Morgan fingerprint density at radius 3 is 2.59 bits per heavy atom. The number of nitrogens with two attached hydrogens (primary N) is 1. The fraction of sp³-hybridized carbons (Fsp3) is 0.455. The van der Waals surface area contributed by atoms with Crippen molar-refractivity contribution < 1.29 is 4.79 Å². The Hall–Kier alpha value is -1.91. The van der Waals surface area contributed by atoms with Gasteiger partial charge in [0.25, 0.3) is 0 Å². The monoisotopic (exact) mass is 383 g/mol. The van der Waals surface area contributed by atoms with Crippen LogP contribution >= 0.6 is 11.6 Å². The number of nitrogens with one attached hydrogen (secondary N) is 1. The highest BCUT2D eigenvalue weighted by atomic mass is 35.5. The predicted molar refractivity (Wildman–Crippen MR) is 107 cm³/mol. The van der Waals surface area contributed by atoms with E-state index in [9.17, 15) is 4.79 Å². The van der Waals surface area contributed by atoms with Crippen LogP contribution in [-0.4, -0.2) is 16.9 Å². The second-order valence-corrected chi connectivity index (χ2v) is 8.38. The third-order valence-electron chi connectivity index (χ3n) is 6.24. The number of amides is 1. The maximum absolute atomic E-state index is 13.2. The molecule has 27 heavy (non-hydrogen) atoms. The van der Waals surface area contributed by atoms with Crippen LogP contribution in [-0.2, 0) is 4.79 Å². The van der Waals surface area contributed by atoms with Crippen molar-refractivity contribution in [2.24, 2.45) is 23.5 Å².